The van der Waals surface area contributed by atoms with Crippen LogP contribution in [-0.4, -0.2) is 30.5 Å². The number of nitro benzene ring substituents is 1. The van der Waals surface area contributed by atoms with Crippen molar-refractivity contribution in [3.8, 4) is 11.5 Å². The zero-order valence-corrected chi connectivity index (χ0v) is 36.3. The van der Waals surface area contributed by atoms with Crippen molar-refractivity contribution in [3.63, 3.8) is 0 Å². The fraction of sp³-hybridized carbons (Fsp3) is 0.302. The van der Waals surface area contributed by atoms with E-state index < -0.39 is 27.0 Å². The summed E-state index contributed by atoms with van der Waals surface area (Å²) in [6, 6.07) is 21.5. The van der Waals surface area contributed by atoms with E-state index in [4.69, 9.17) is 25.8 Å². The Bertz CT molecular complexity index is 2650. The number of carbonyl (C=O) groups is 1. The highest BCUT2D eigenvalue weighted by Crippen LogP contribution is 2.45. The van der Waals surface area contributed by atoms with Crippen molar-refractivity contribution in [3.05, 3.63) is 118 Å². The van der Waals surface area contributed by atoms with Gasteiger partial charge in [-0.1, -0.05) is 78.8 Å². The van der Waals surface area contributed by atoms with Crippen LogP contribution in [0.1, 0.15) is 78.9 Å². The fourth-order valence-corrected chi connectivity index (χ4v) is 7.19. The number of azo groups is 1. The van der Waals surface area contributed by atoms with Crippen molar-refractivity contribution in [2.45, 2.75) is 94.5 Å². The molecule has 61 heavy (non-hydrogen) atoms. The molecule has 0 aliphatic rings. The lowest BCUT2D eigenvalue weighted by atomic mass is 9.76. The fourth-order valence-electron chi connectivity index (χ4n) is 6.10. The summed E-state index contributed by atoms with van der Waals surface area (Å²) in [5, 5.41) is 40.1. The van der Waals surface area contributed by atoms with Gasteiger partial charge >= 0.3 is 0 Å². The van der Waals surface area contributed by atoms with E-state index >= 15 is 0 Å². The Morgan fingerprint density at radius 3 is 2.31 bits per heavy atom. The summed E-state index contributed by atoms with van der Waals surface area (Å²) in [6.07, 6.45) is 1.07. The number of amides is 1. The van der Waals surface area contributed by atoms with Gasteiger partial charge in [0.05, 0.1) is 51.2 Å². The first-order chi connectivity index (χ1) is 28.8. The highest BCUT2D eigenvalue weighted by Gasteiger charge is 2.30. The first kappa shape index (κ1) is 46.0. The lowest BCUT2D eigenvalue weighted by Crippen LogP contribution is -2.33. The van der Waals surface area contributed by atoms with Gasteiger partial charge in [0.1, 0.15) is 11.5 Å². The predicted octanol–water partition coefficient (Wildman–Crippen LogP) is 11.2. The topological polar surface area (TPSA) is 221 Å². The molecule has 0 bridgehead atoms. The normalized spacial score (nSPS) is 12.6. The van der Waals surface area contributed by atoms with Gasteiger partial charge in [0.2, 0.25) is 15.7 Å². The SMILES string of the molecule is [C-]#[N+]c1cc([N+](=O)[O-])ccc1N=Nc1cc(NC(=O)C(CC)Oc2ccc(C(C)(C)CC)cc2C(C)(C)CC)c(O)c2cccc(NOOSc3cccc(S(N)(=O)=O)c3)c12. The first-order valence-electron chi connectivity index (χ1n) is 19.2. The molecule has 1 atom stereocenters. The third-order valence-corrected chi connectivity index (χ3v) is 12.1. The third-order valence-electron chi connectivity index (χ3n) is 10.6. The summed E-state index contributed by atoms with van der Waals surface area (Å²) in [5.74, 6) is -0.292. The molecular formula is C43H47N7O9S2. The van der Waals surface area contributed by atoms with E-state index in [-0.39, 0.29) is 72.8 Å². The molecule has 5 aromatic rings. The number of anilines is 2. The smallest absolute Gasteiger partial charge is 0.265 e. The molecule has 5 aromatic carbocycles. The summed E-state index contributed by atoms with van der Waals surface area (Å²) in [5.41, 5.74) is 4.27. The molecule has 320 valence electrons. The van der Waals surface area contributed by atoms with Crippen LogP contribution in [0.15, 0.2) is 105 Å². The Labute approximate surface area is 358 Å². The van der Waals surface area contributed by atoms with Gasteiger partial charge in [-0.05, 0) is 78.1 Å². The summed E-state index contributed by atoms with van der Waals surface area (Å²) < 4.78 is 35.3. The maximum atomic E-state index is 14.1. The van der Waals surface area contributed by atoms with Crippen LogP contribution in [-0.2, 0) is 35.0 Å². The van der Waals surface area contributed by atoms with E-state index in [2.05, 4.69) is 73.5 Å². The maximum absolute atomic E-state index is 14.1. The number of nitrogens with one attached hydrogen (secondary N) is 2. The molecule has 0 aromatic heterocycles. The standard InChI is InChI=1S/C43H47N7O9S2/c1-9-37(57-38-21-18-26(42(4,5)10-2)22-31(38)43(6,7)11-3)41(52)46-36-25-35(48-47-32-20-19-27(50(53)54)23-34(32)45-8)39-30(40(36)51)16-13-17-33(39)49-58-59-60-28-14-12-15-29(24-28)61(44,55)56/h12-25,37,49,51H,9-11H2,1-7H3,(H,46,52)(H2,44,55,56). The number of phenolic OH excluding ortho intramolecular Hbond substituents is 1. The molecule has 5 rings (SSSR count). The number of benzene rings is 5. The van der Waals surface area contributed by atoms with Crippen molar-refractivity contribution < 1.29 is 37.3 Å². The van der Waals surface area contributed by atoms with Crippen LogP contribution in [0.5, 0.6) is 11.5 Å². The average Bonchev–Trinajstić information content (AvgIpc) is 3.24. The van der Waals surface area contributed by atoms with E-state index in [0.717, 1.165) is 30.0 Å². The minimum atomic E-state index is -3.96. The number of ether oxygens (including phenoxy) is 1. The van der Waals surface area contributed by atoms with Gasteiger partial charge in [-0.25, -0.2) is 23.9 Å². The molecule has 16 nitrogen and oxygen atoms in total. The summed E-state index contributed by atoms with van der Waals surface area (Å²) in [7, 11) is -3.96. The number of nitro groups is 1. The number of nitrogens with zero attached hydrogens (tertiary/aromatic N) is 4. The number of non-ortho nitro benzene ring substituents is 1. The van der Waals surface area contributed by atoms with Gasteiger partial charge in [0.15, 0.2) is 6.10 Å². The van der Waals surface area contributed by atoms with Crippen LogP contribution in [0.2, 0.25) is 0 Å². The number of carbonyl (C=O) groups excluding carboxylic acids is 1. The van der Waals surface area contributed by atoms with Crippen molar-refractivity contribution in [2.24, 2.45) is 15.4 Å². The van der Waals surface area contributed by atoms with E-state index in [1.165, 1.54) is 36.4 Å². The Morgan fingerprint density at radius 2 is 1.66 bits per heavy atom. The summed E-state index contributed by atoms with van der Waals surface area (Å²) in [6.45, 7) is 22.3. The van der Waals surface area contributed by atoms with Gasteiger partial charge < -0.3 is 15.2 Å². The van der Waals surface area contributed by atoms with Crippen molar-refractivity contribution in [2.75, 3.05) is 10.8 Å². The zero-order chi connectivity index (χ0) is 44.7. The van der Waals surface area contributed by atoms with E-state index in [9.17, 15) is 28.4 Å². The predicted molar refractivity (Wildman–Crippen MR) is 235 cm³/mol. The van der Waals surface area contributed by atoms with Crippen LogP contribution < -0.4 is 20.7 Å². The number of sulfonamides is 1. The summed E-state index contributed by atoms with van der Waals surface area (Å²) in [4.78, 5) is 33.6. The average molecular weight is 870 g/mol. The maximum Gasteiger partial charge on any atom is 0.265 e. The molecule has 1 amide bonds. The highest BCUT2D eigenvalue weighted by molar-refractivity contribution is 7.94. The van der Waals surface area contributed by atoms with Gasteiger partial charge in [-0.15, -0.1) is 9.32 Å². The Balaban J connectivity index is 1.51. The number of aromatic hydroxyl groups is 1. The number of primary sulfonamides is 1. The molecule has 18 heteroatoms. The van der Waals surface area contributed by atoms with Crippen LogP contribution in [0.3, 0.4) is 0 Å². The van der Waals surface area contributed by atoms with E-state index in [0.29, 0.717) is 22.7 Å². The quantitative estimate of drug-likeness (QED) is 0.00947. The van der Waals surface area contributed by atoms with Gasteiger partial charge in [-0.2, -0.15) is 10.2 Å². The molecule has 0 heterocycles. The molecular weight excluding hydrogens is 823 g/mol. The number of phenols is 1. The van der Waals surface area contributed by atoms with Crippen LogP contribution in [0.4, 0.5) is 34.1 Å². The number of fused-ring (bicyclic) bond motifs is 1. The lowest BCUT2D eigenvalue weighted by molar-refractivity contribution is -0.384. The minimum Gasteiger partial charge on any atom is -0.505 e. The Kier molecular flexibility index (Phi) is 14.4. The number of hydrogen-bond donors (Lipinski definition) is 4. The molecule has 1 unspecified atom stereocenters. The van der Waals surface area contributed by atoms with E-state index in [1.54, 1.807) is 24.3 Å². The molecule has 0 radical (unpaired) electrons. The second-order valence-electron chi connectivity index (χ2n) is 15.3. The Hall–Kier alpha value is -6.10. The summed E-state index contributed by atoms with van der Waals surface area (Å²) >= 11 is 0.686. The van der Waals surface area contributed by atoms with Gasteiger partial charge in [-0.3, -0.25) is 14.9 Å². The zero-order valence-electron chi connectivity index (χ0n) is 34.7. The monoisotopic (exact) mass is 869 g/mol. The van der Waals surface area contributed by atoms with Crippen molar-refractivity contribution in [1.29, 1.82) is 0 Å². The second-order valence-corrected chi connectivity index (χ2v) is 17.6. The molecule has 0 fully saturated rings. The molecule has 0 spiro atoms. The van der Waals surface area contributed by atoms with E-state index in [1.807, 2.05) is 19.1 Å². The van der Waals surface area contributed by atoms with Gasteiger partial charge in [0, 0.05) is 33.4 Å². The van der Waals surface area contributed by atoms with Crippen molar-refractivity contribution >= 4 is 72.9 Å². The Morgan fingerprint density at radius 1 is 0.951 bits per heavy atom. The number of nitrogens with two attached hydrogens (primary N) is 1. The molecule has 0 aliphatic carbocycles. The first-order valence-corrected chi connectivity index (χ1v) is 21.5. The van der Waals surface area contributed by atoms with Crippen LogP contribution in [0, 0.1) is 16.7 Å². The highest BCUT2D eigenvalue weighted by atomic mass is 32.2. The minimum absolute atomic E-state index is 0.0224. The van der Waals surface area contributed by atoms with Crippen LogP contribution >= 0.6 is 12.0 Å². The molecule has 0 saturated carbocycles. The van der Waals surface area contributed by atoms with Crippen molar-refractivity contribution in [1.82, 2.24) is 0 Å². The molecule has 0 saturated heterocycles. The number of rotatable bonds is 18. The van der Waals surface area contributed by atoms with Crippen LogP contribution in [0.25, 0.3) is 15.6 Å². The molecule has 0 aliphatic heterocycles. The molecule has 5 N–H and O–H groups in total. The second kappa shape index (κ2) is 19.1. The number of hydrogen-bond acceptors (Lipinski definition) is 13. The third kappa shape index (κ3) is 10.8. The van der Waals surface area contributed by atoms with Gasteiger partial charge in [0.25, 0.3) is 11.6 Å². The largest absolute Gasteiger partial charge is 0.505 e. The lowest BCUT2D eigenvalue weighted by Gasteiger charge is -2.31.